The fourth-order valence-electron chi connectivity index (χ4n) is 4.10. The summed E-state index contributed by atoms with van der Waals surface area (Å²) in [4.78, 5) is 26.9. The lowest BCUT2D eigenvalue weighted by molar-refractivity contribution is -0.121. The number of likely N-dealkylation sites (N-methyl/N-ethyl adjacent to an activating group) is 1. The van der Waals surface area contributed by atoms with Crippen LogP contribution in [0.3, 0.4) is 0 Å². The maximum atomic E-state index is 12.7. The summed E-state index contributed by atoms with van der Waals surface area (Å²) in [5.74, 6) is 0.621. The standard InChI is InChI=1S/C22H33N3O3/c1-4-5-6-16-7-9-17(10-8-16)21(26)23-18-11-12-20-19(15-18)25(22(27)28-20)14-13-24(2)3/h11-12,15-17H,4-10,13-14H2,1-3H3,(H,23,26). The number of fused-ring (bicyclic) bond motifs is 1. The van der Waals surface area contributed by atoms with E-state index in [-0.39, 0.29) is 17.6 Å². The van der Waals surface area contributed by atoms with Crippen LogP contribution in [-0.2, 0) is 11.3 Å². The van der Waals surface area contributed by atoms with Gasteiger partial charge in [0.2, 0.25) is 5.91 Å². The van der Waals surface area contributed by atoms with Crippen LogP contribution in [0.1, 0.15) is 51.9 Å². The fraction of sp³-hybridized carbons (Fsp3) is 0.636. The van der Waals surface area contributed by atoms with E-state index in [4.69, 9.17) is 4.42 Å². The zero-order valence-corrected chi connectivity index (χ0v) is 17.4. The average Bonchev–Trinajstić information content (AvgIpc) is 2.99. The Labute approximate surface area is 166 Å². The van der Waals surface area contributed by atoms with Gasteiger partial charge in [0.05, 0.1) is 5.52 Å². The largest absolute Gasteiger partial charge is 0.419 e. The van der Waals surface area contributed by atoms with Crippen LogP contribution >= 0.6 is 0 Å². The van der Waals surface area contributed by atoms with Gasteiger partial charge in [-0.15, -0.1) is 0 Å². The molecule has 2 aromatic rings. The molecule has 0 bridgehead atoms. The van der Waals surface area contributed by atoms with Crippen molar-refractivity contribution in [2.75, 3.05) is 26.0 Å². The molecule has 154 valence electrons. The highest BCUT2D eigenvalue weighted by Crippen LogP contribution is 2.32. The molecule has 3 rings (SSSR count). The Hall–Kier alpha value is -2.08. The number of nitrogens with one attached hydrogen (secondary N) is 1. The molecule has 6 heteroatoms. The van der Waals surface area contributed by atoms with Crippen LogP contribution in [0.2, 0.25) is 0 Å². The molecule has 1 aliphatic rings. The molecule has 0 unspecified atom stereocenters. The number of carbonyl (C=O) groups is 1. The number of nitrogens with zero attached hydrogens (tertiary/aromatic N) is 2. The molecule has 1 saturated carbocycles. The van der Waals surface area contributed by atoms with Crippen LogP contribution in [0, 0.1) is 11.8 Å². The SMILES string of the molecule is CCCCC1CCC(C(=O)Nc2ccc3oc(=O)n(CCN(C)C)c3c2)CC1. The Morgan fingerprint density at radius 1 is 1.25 bits per heavy atom. The summed E-state index contributed by atoms with van der Waals surface area (Å²) in [6, 6.07) is 5.42. The minimum atomic E-state index is -0.356. The van der Waals surface area contributed by atoms with Crippen LogP contribution in [0.5, 0.6) is 0 Å². The molecule has 1 aromatic heterocycles. The average molecular weight is 388 g/mol. The van der Waals surface area contributed by atoms with Crippen molar-refractivity contribution in [3.63, 3.8) is 0 Å². The smallest absolute Gasteiger partial charge is 0.408 e. The lowest BCUT2D eigenvalue weighted by atomic mass is 9.79. The zero-order valence-electron chi connectivity index (χ0n) is 17.4. The Bertz CT molecular complexity index is 844. The molecule has 0 aliphatic heterocycles. The van der Waals surface area contributed by atoms with Gasteiger partial charge in [0.15, 0.2) is 5.58 Å². The van der Waals surface area contributed by atoms with Gasteiger partial charge in [-0.25, -0.2) is 4.79 Å². The van der Waals surface area contributed by atoms with Crippen LogP contribution in [0.15, 0.2) is 27.4 Å². The molecular formula is C22H33N3O3. The van der Waals surface area contributed by atoms with E-state index in [1.165, 1.54) is 19.3 Å². The first-order valence-electron chi connectivity index (χ1n) is 10.6. The lowest BCUT2D eigenvalue weighted by Crippen LogP contribution is -2.27. The van der Waals surface area contributed by atoms with E-state index in [1.807, 2.05) is 31.1 Å². The summed E-state index contributed by atoms with van der Waals surface area (Å²) >= 11 is 0. The highest BCUT2D eigenvalue weighted by molar-refractivity contribution is 5.94. The second kappa shape index (κ2) is 9.41. The summed E-state index contributed by atoms with van der Waals surface area (Å²) in [7, 11) is 3.94. The number of amides is 1. The monoisotopic (exact) mass is 387 g/mol. The number of hydrogen-bond acceptors (Lipinski definition) is 4. The first kappa shape index (κ1) is 20.6. The first-order valence-corrected chi connectivity index (χ1v) is 10.6. The zero-order chi connectivity index (χ0) is 20.1. The van der Waals surface area contributed by atoms with Crippen LogP contribution in [0.25, 0.3) is 11.1 Å². The number of oxazole rings is 1. The minimum absolute atomic E-state index is 0.0915. The van der Waals surface area contributed by atoms with Gasteiger partial charge in [-0.05, 0) is 63.9 Å². The van der Waals surface area contributed by atoms with Crippen LogP contribution < -0.4 is 11.1 Å². The number of rotatable bonds is 8. The van der Waals surface area contributed by atoms with Crippen molar-refractivity contribution < 1.29 is 9.21 Å². The molecule has 1 N–H and O–H groups in total. The topological polar surface area (TPSA) is 67.5 Å². The third kappa shape index (κ3) is 5.04. The van der Waals surface area contributed by atoms with E-state index in [0.717, 1.165) is 49.4 Å². The Morgan fingerprint density at radius 2 is 2.00 bits per heavy atom. The minimum Gasteiger partial charge on any atom is -0.408 e. The van der Waals surface area contributed by atoms with Gasteiger partial charge in [0.1, 0.15) is 0 Å². The summed E-state index contributed by atoms with van der Waals surface area (Å²) in [6.07, 6.45) is 8.10. The molecule has 0 radical (unpaired) electrons. The first-order chi connectivity index (χ1) is 13.5. The number of benzene rings is 1. The predicted molar refractivity (Wildman–Crippen MR) is 113 cm³/mol. The maximum Gasteiger partial charge on any atom is 0.419 e. The van der Waals surface area contributed by atoms with Gasteiger partial charge >= 0.3 is 5.76 Å². The normalized spacial score (nSPS) is 20.0. The molecule has 0 spiro atoms. The van der Waals surface area contributed by atoms with E-state index < -0.39 is 0 Å². The third-order valence-corrected chi connectivity index (χ3v) is 5.89. The molecule has 0 saturated heterocycles. The summed E-state index contributed by atoms with van der Waals surface area (Å²) in [5, 5.41) is 3.06. The maximum absolute atomic E-state index is 12.7. The van der Waals surface area contributed by atoms with E-state index in [9.17, 15) is 9.59 Å². The second-order valence-corrected chi connectivity index (χ2v) is 8.35. The number of anilines is 1. The van der Waals surface area contributed by atoms with Crippen molar-refractivity contribution in [1.82, 2.24) is 9.47 Å². The summed E-state index contributed by atoms with van der Waals surface area (Å²) in [6.45, 7) is 3.53. The molecule has 0 atom stereocenters. The lowest BCUT2D eigenvalue weighted by Gasteiger charge is -2.27. The number of carbonyl (C=O) groups excluding carboxylic acids is 1. The highest BCUT2D eigenvalue weighted by Gasteiger charge is 2.26. The van der Waals surface area contributed by atoms with E-state index in [2.05, 4.69) is 12.2 Å². The van der Waals surface area contributed by atoms with Gasteiger partial charge in [-0.3, -0.25) is 9.36 Å². The van der Waals surface area contributed by atoms with Crippen molar-refractivity contribution in [1.29, 1.82) is 0 Å². The number of aromatic nitrogens is 1. The Kier molecular flexibility index (Phi) is 6.94. The Balaban J connectivity index is 1.65. The van der Waals surface area contributed by atoms with Crippen molar-refractivity contribution in [2.45, 2.75) is 58.4 Å². The molecule has 1 amide bonds. The quantitative estimate of drug-likeness (QED) is 0.741. The van der Waals surface area contributed by atoms with Gasteiger partial charge in [-0.2, -0.15) is 0 Å². The van der Waals surface area contributed by atoms with E-state index >= 15 is 0 Å². The molecule has 6 nitrogen and oxygen atoms in total. The fourth-order valence-corrected chi connectivity index (χ4v) is 4.10. The molecule has 28 heavy (non-hydrogen) atoms. The van der Waals surface area contributed by atoms with Crippen molar-refractivity contribution in [3.05, 3.63) is 28.7 Å². The van der Waals surface area contributed by atoms with Gasteiger partial charge in [-0.1, -0.05) is 26.2 Å². The van der Waals surface area contributed by atoms with Crippen LogP contribution in [0.4, 0.5) is 5.69 Å². The molecule has 1 aliphatic carbocycles. The van der Waals surface area contributed by atoms with Gasteiger partial charge in [0, 0.05) is 24.7 Å². The number of unbranched alkanes of at least 4 members (excludes halogenated alkanes) is 1. The molecule has 1 heterocycles. The molecule has 1 aromatic carbocycles. The Morgan fingerprint density at radius 3 is 2.68 bits per heavy atom. The predicted octanol–water partition coefficient (Wildman–Crippen LogP) is 4.09. The summed E-state index contributed by atoms with van der Waals surface area (Å²) < 4.78 is 6.96. The highest BCUT2D eigenvalue weighted by atomic mass is 16.4. The van der Waals surface area contributed by atoms with E-state index in [1.54, 1.807) is 10.6 Å². The van der Waals surface area contributed by atoms with E-state index in [0.29, 0.717) is 12.1 Å². The molecular weight excluding hydrogens is 354 g/mol. The second-order valence-electron chi connectivity index (χ2n) is 8.35. The van der Waals surface area contributed by atoms with Crippen LogP contribution in [-0.4, -0.2) is 36.0 Å². The third-order valence-electron chi connectivity index (χ3n) is 5.89. The van der Waals surface area contributed by atoms with Crippen molar-refractivity contribution in [2.24, 2.45) is 11.8 Å². The number of hydrogen-bond donors (Lipinski definition) is 1. The van der Waals surface area contributed by atoms with Crippen molar-refractivity contribution in [3.8, 4) is 0 Å². The van der Waals surface area contributed by atoms with Gasteiger partial charge in [0.25, 0.3) is 0 Å². The van der Waals surface area contributed by atoms with Crippen molar-refractivity contribution >= 4 is 22.7 Å². The van der Waals surface area contributed by atoms with Gasteiger partial charge < -0.3 is 14.6 Å². The summed E-state index contributed by atoms with van der Waals surface area (Å²) in [5.41, 5.74) is 2.01. The molecule has 1 fully saturated rings.